The monoisotopic (exact) mass is 375 g/mol. The van der Waals surface area contributed by atoms with Crippen molar-refractivity contribution in [2.45, 2.75) is 6.92 Å². The van der Waals surface area contributed by atoms with Crippen LogP contribution in [0, 0.1) is 6.92 Å². The van der Waals surface area contributed by atoms with Gasteiger partial charge in [-0.3, -0.25) is 4.79 Å². The van der Waals surface area contributed by atoms with E-state index in [1.54, 1.807) is 0 Å². The van der Waals surface area contributed by atoms with Crippen LogP contribution in [0.5, 0.6) is 0 Å². The summed E-state index contributed by atoms with van der Waals surface area (Å²) in [7, 11) is 3.88. The van der Waals surface area contributed by atoms with Gasteiger partial charge in [0.1, 0.15) is 5.82 Å². The Morgan fingerprint density at radius 3 is 2.29 bits per heavy atom. The Hall–Kier alpha value is -3.41. The summed E-state index contributed by atoms with van der Waals surface area (Å²) in [6.07, 6.45) is 0. The van der Waals surface area contributed by atoms with Gasteiger partial charge in [-0.15, -0.1) is 0 Å². The smallest absolute Gasteiger partial charge is 0.251 e. The van der Waals surface area contributed by atoms with Gasteiger partial charge >= 0.3 is 0 Å². The van der Waals surface area contributed by atoms with Crippen molar-refractivity contribution in [3.8, 4) is 11.1 Å². The van der Waals surface area contributed by atoms with Crippen molar-refractivity contribution >= 4 is 17.7 Å². The summed E-state index contributed by atoms with van der Waals surface area (Å²) >= 11 is 0. The first-order valence-corrected chi connectivity index (χ1v) is 9.23. The lowest BCUT2D eigenvalue weighted by atomic mass is 10.0. The maximum atomic E-state index is 12.3. The zero-order valence-corrected chi connectivity index (χ0v) is 16.4. The molecule has 0 aliphatic carbocycles. The topological polar surface area (TPSA) is 70.2 Å². The minimum atomic E-state index is -0.0967. The summed E-state index contributed by atoms with van der Waals surface area (Å²) in [5.41, 5.74) is 3.76. The fourth-order valence-corrected chi connectivity index (χ4v) is 2.76. The predicted octanol–water partition coefficient (Wildman–Crippen LogP) is 3.36. The molecule has 0 aliphatic heterocycles. The highest BCUT2D eigenvalue weighted by molar-refractivity contribution is 5.94. The molecule has 0 spiro atoms. The molecule has 3 aromatic rings. The minimum absolute atomic E-state index is 0.0967. The second kappa shape index (κ2) is 8.99. The van der Waals surface area contributed by atoms with Gasteiger partial charge in [0.2, 0.25) is 5.95 Å². The lowest BCUT2D eigenvalue weighted by Gasteiger charge is -2.14. The SMILES string of the molecule is Cc1cc(N(C)C)nc(NCCNC(=O)c2ccc(-c3ccccc3)cc2)n1. The first-order valence-electron chi connectivity index (χ1n) is 9.23. The number of nitrogens with zero attached hydrogens (tertiary/aromatic N) is 3. The van der Waals surface area contributed by atoms with Crippen molar-refractivity contribution in [2.24, 2.45) is 0 Å². The highest BCUT2D eigenvalue weighted by atomic mass is 16.1. The molecule has 1 heterocycles. The summed E-state index contributed by atoms with van der Waals surface area (Å²) in [5.74, 6) is 1.31. The number of hydrogen-bond donors (Lipinski definition) is 2. The van der Waals surface area contributed by atoms with E-state index in [2.05, 4.69) is 32.7 Å². The maximum absolute atomic E-state index is 12.3. The Morgan fingerprint density at radius 1 is 0.929 bits per heavy atom. The number of carbonyl (C=O) groups is 1. The predicted molar refractivity (Wildman–Crippen MR) is 114 cm³/mol. The number of aryl methyl sites for hydroxylation is 1. The summed E-state index contributed by atoms with van der Waals surface area (Å²) in [5, 5.41) is 6.07. The number of carbonyl (C=O) groups excluding carboxylic acids is 1. The van der Waals surface area contributed by atoms with Crippen LogP contribution in [0.4, 0.5) is 11.8 Å². The maximum Gasteiger partial charge on any atom is 0.251 e. The fourth-order valence-electron chi connectivity index (χ4n) is 2.76. The van der Waals surface area contributed by atoms with Crippen LogP contribution < -0.4 is 15.5 Å². The molecule has 0 aliphatic rings. The van der Waals surface area contributed by atoms with Gasteiger partial charge < -0.3 is 15.5 Å². The summed E-state index contributed by atoms with van der Waals surface area (Å²) < 4.78 is 0. The van der Waals surface area contributed by atoms with E-state index in [9.17, 15) is 4.79 Å². The average molecular weight is 375 g/mol. The Morgan fingerprint density at radius 2 is 1.61 bits per heavy atom. The second-order valence-electron chi connectivity index (χ2n) is 6.71. The molecule has 2 N–H and O–H groups in total. The van der Waals surface area contributed by atoms with Crippen molar-refractivity contribution in [1.29, 1.82) is 0 Å². The Bertz CT molecular complexity index is 923. The van der Waals surface area contributed by atoms with Crippen LogP contribution in [0.2, 0.25) is 0 Å². The number of rotatable bonds is 7. The lowest BCUT2D eigenvalue weighted by Crippen LogP contribution is -2.29. The van der Waals surface area contributed by atoms with Crippen LogP contribution >= 0.6 is 0 Å². The zero-order chi connectivity index (χ0) is 19.9. The molecule has 6 nitrogen and oxygen atoms in total. The normalized spacial score (nSPS) is 10.4. The molecule has 0 saturated carbocycles. The minimum Gasteiger partial charge on any atom is -0.363 e. The molecule has 2 aromatic carbocycles. The first kappa shape index (κ1) is 19.4. The van der Waals surface area contributed by atoms with Gasteiger partial charge in [-0.1, -0.05) is 42.5 Å². The van der Waals surface area contributed by atoms with E-state index in [0.29, 0.717) is 24.6 Å². The third-order valence-corrected chi connectivity index (χ3v) is 4.25. The number of aromatic nitrogens is 2. The van der Waals surface area contributed by atoms with E-state index in [-0.39, 0.29) is 5.91 Å². The van der Waals surface area contributed by atoms with Crippen LogP contribution in [0.1, 0.15) is 16.1 Å². The third kappa shape index (κ3) is 5.07. The van der Waals surface area contributed by atoms with E-state index in [1.807, 2.05) is 74.4 Å². The standard InChI is InChI=1S/C22H25N5O/c1-16-15-20(27(2)3)26-22(25-16)24-14-13-23-21(28)19-11-9-18(10-12-19)17-7-5-4-6-8-17/h4-12,15H,13-14H2,1-3H3,(H,23,28)(H,24,25,26). The number of amides is 1. The average Bonchev–Trinajstić information content (AvgIpc) is 2.71. The number of anilines is 2. The molecular weight excluding hydrogens is 350 g/mol. The Labute approximate surface area is 165 Å². The second-order valence-corrected chi connectivity index (χ2v) is 6.71. The number of benzene rings is 2. The van der Waals surface area contributed by atoms with E-state index in [0.717, 1.165) is 22.6 Å². The van der Waals surface area contributed by atoms with Crippen molar-refractivity contribution in [3.63, 3.8) is 0 Å². The largest absolute Gasteiger partial charge is 0.363 e. The molecule has 144 valence electrons. The molecule has 0 saturated heterocycles. The number of nitrogens with one attached hydrogen (secondary N) is 2. The van der Waals surface area contributed by atoms with Crippen molar-refractivity contribution < 1.29 is 4.79 Å². The van der Waals surface area contributed by atoms with Crippen LogP contribution in [-0.4, -0.2) is 43.1 Å². The third-order valence-electron chi connectivity index (χ3n) is 4.25. The van der Waals surface area contributed by atoms with Gasteiger partial charge in [0, 0.05) is 44.5 Å². The Kier molecular flexibility index (Phi) is 6.22. The molecule has 3 rings (SSSR count). The quantitative estimate of drug-likeness (QED) is 0.620. The zero-order valence-electron chi connectivity index (χ0n) is 16.4. The molecule has 0 atom stereocenters. The van der Waals surface area contributed by atoms with Gasteiger partial charge in [0.05, 0.1) is 0 Å². The van der Waals surface area contributed by atoms with Crippen LogP contribution in [0.25, 0.3) is 11.1 Å². The first-order chi connectivity index (χ1) is 13.5. The van der Waals surface area contributed by atoms with Crippen LogP contribution in [0.15, 0.2) is 60.7 Å². The van der Waals surface area contributed by atoms with Crippen LogP contribution in [0.3, 0.4) is 0 Å². The van der Waals surface area contributed by atoms with Crippen LogP contribution in [-0.2, 0) is 0 Å². The highest BCUT2D eigenvalue weighted by Gasteiger charge is 2.07. The molecule has 0 bridgehead atoms. The van der Waals surface area contributed by atoms with Gasteiger partial charge in [-0.25, -0.2) is 4.98 Å². The molecule has 1 aromatic heterocycles. The summed E-state index contributed by atoms with van der Waals surface area (Å²) in [4.78, 5) is 23.1. The van der Waals surface area contributed by atoms with Gasteiger partial charge in [-0.2, -0.15) is 4.98 Å². The van der Waals surface area contributed by atoms with Gasteiger partial charge in [0.25, 0.3) is 5.91 Å². The fraction of sp³-hybridized carbons (Fsp3) is 0.227. The van der Waals surface area contributed by atoms with E-state index >= 15 is 0 Å². The molecule has 0 unspecified atom stereocenters. The Balaban J connectivity index is 1.51. The molecule has 6 heteroatoms. The van der Waals surface area contributed by atoms with Crippen molar-refractivity contribution in [2.75, 3.05) is 37.4 Å². The summed E-state index contributed by atoms with van der Waals surface area (Å²) in [6, 6.07) is 19.6. The van der Waals surface area contributed by atoms with Gasteiger partial charge in [0.15, 0.2) is 0 Å². The molecule has 1 amide bonds. The van der Waals surface area contributed by atoms with E-state index in [4.69, 9.17) is 0 Å². The lowest BCUT2D eigenvalue weighted by molar-refractivity contribution is 0.0955. The van der Waals surface area contributed by atoms with E-state index < -0.39 is 0 Å². The summed E-state index contributed by atoms with van der Waals surface area (Å²) in [6.45, 7) is 2.96. The highest BCUT2D eigenvalue weighted by Crippen LogP contribution is 2.19. The molecular formula is C22H25N5O. The van der Waals surface area contributed by atoms with E-state index in [1.165, 1.54) is 0 Å². The molecule has 0 radical (unpaired) electrons. The van der Waals surface area contributed by atoms with Crippen molar-refractivity contribution in [1.82, 2.24) is 15.3 Å². The van der Waals surface area contributed by atoms with Crippen molar-refractivity contribution in [3.05, 3.63) is 71.9 Å². The molecule has 28 heavy (non-hydrogen) atoms. The number of hydrogen-bond acceptors (Lipinski definition) is 5. The van der Waals surface area contributed by atoms with Gasteiger partial charge in [-0.05, 0) is 30.2 Å². The molecule has 0 fully saturated rings.